The van der Waals surface area contributed by atoms with E-state index in [4.69, 9.17) is 14.0 Å². The number of ether oxygens (including phenoxy) is 2. The molecule has 1 N–H and O–H groups in total. The zero-order chi connectivity index (χ0) is 18.5. The second-order valence-electron chi connectivity index (χ2n) is 5.50. The minimum absolute atomic E-state index is 0.0313. The second-order valence-corrected chi connectivity index (χ2v) is 5.96. The molecule has 0 spiro atoms. The van der Waals surface area contributed by atoms with Crippen LogP contribution in [0.25, 0.3) is 0 Å². The van der Waals surface area contributed by atoms with Crippen LogP contribution in [0, 0.1) is 5.92 Å². The summed E-state index contributed by atoms with van der Waals surface area (Å²) in [6.07, 6.45) is 1.21. The van der Waals surface area contributed by atoms with Crippen molar-refractivity contribution >= 4 is 20.7 Å². The van der Waals surface area contributed by atoms with Crippen molar-refractivity contribution in [3.05, 3.63) is 35.9 Å². The molecule has 1 rings (SSSR count). The van der Waals surface area contributed by atoms with Gasteiger partial charge < -0.3 is 14.8 Å². The van der Waals surface area contributed by atoms with Gasteiger partial charge in [0.25, 0.3) is 0 Å². The molecular weight excluding hydrogens is 345 g/mol. The van der Waals surface area contributed by atoms with Crippen LogP contribution in [-0.2, 0) is 30.0 Å². The molecule has 0 heterocycles. The summed E-state index contributed by atoms with van der Waals surface area (Å²) in [7, 11) is 0.376. The zero-order valence-corrected chi connectivity index (χ0v) is 15.5. The highest BCUT2D eigenvalue weighted by atomic mass is 31.1. The lowest BCUT2D eigenvalue weighted by molar-refractivity contribution is -0.146. The lowest BCUT2D eigenvalue weighted by Crippen LogP contribution is -2.35. The van der Waals surface area contributed by atoms with Crippen LogP contribution in [0.2, 0.25) is 0 Å². The molecule has 0 bridgehead atoms. The lowest BCUT2D eigenvalue weighted by atomic mass is 9.99. The topological polar surface area (TPSA) is 90.9 Å². The minimum Gasteiger partial charge on any atom is -0.469 e. The number of carbonyl (C=O) groups excluding carboxylic acids is 2. The number of amides is 1. The maximum Gasteiger partial charge on any atom is 0.494 e. The third kappa shape index (κ3) is 8.61. The first-order valence-electron chi connectivity index (χ1n) is 8.14. The van der Waals surface area contributed by atoms with Gasteiger partial charge in [0.2, 0.25) is 0 Å². The van der Waals surface area contributed by atoms with Crippen molar-refractivity contribution < 1.29 is 28.2 Å². The van der Waals surface area contributed by atoms with Crippen molar-refractivity contribution in [2.24, 2.45) is 5.92 Å². The van der Waals surface area contributed by atoms with Crippen LogP contribution in [0.15, 0.2) is 30.3 Å². The van der Waals surface area contributed by atoms with Crippen molar-refractivity contribution in [2.75, 3.05) is 13.7 Å². The van der Waals surface area contributed by atoms with Gasteiger partial charge in [-0.15, -0.1) is 4.52 Å². The van der Waals surface area contributed by atoms with Crippen LogP contribution in [0.5, 0.6) is 0 Å². The summed E-state index contributed by atoms with van der Waals surface area (Å²) in [5.74, 6) is -0.928. The van der Waals surface area contributed by atoms with Crippen LogP contribution in [-0.4, -0.2) is 31.8 Å². The number of benzene rings is 1. The fraction of sp³-hybridized carbons (Fsp3) is 0.529. The smallest absolute Gasteiger partial charge is 0.469 e. The normalized spacial score (nSPS) is 13.0. The molecule has 25 heavy (non-hydrogen) atoms. The first-order chi connectivity index (χ1) is 12.1. The highest BCUT2D eigenvalue weighted by molar-refractivity contribution is 7.17. The van der Waals surface area contributed by atoms with Gasteiger partial charge in [-0.1, -0.05) is 37.3 Å². The molecule has 3 atom stereocenters. The summed E-state index contributed by atoms with van der Waals surface area (Å²) >= 11 is 0. The van der Waals surface area contributed by atoms with Crippen molar-refractivity contribution in [3.63, 3.8) is 0 Å². The number of alkyl carbamates (subject to hydrolysis) is 1. The van der Waals surface area contributed by atoms with E-state index in [9.17, 15) is 14.2 Å². The van der Waals surface area contributed by atoms with Gasteiger partial charge in [0.15, 0.2) is 0 Å². The number of methoxy groups -OCH3 is 1. The summed E-state index contributed by atoms with van der Waals surface area (Å²) in [5, 5.41) is 2.79. The van der Waals surface area contributed by atoms with Gasteiger partial charge in [0, 0.05) is 6.04 Å². The lowest BCUT2D eigenvalue weighted by Gasteiger charge is -2.19. The van der Waals surface area contributed by atoms with E-state index < -0.39 is 26.7 Å². The predicted octanol–water partition coefficient (Wildman–Crippen LogP) is 3.22. The monoisotopic (exact) mass is 370 g/mol. The molecule has 0 aliphatic rings. The molecule has 1 aromatic rings. The standard InChI is InChI=1S/C17H24NO6P/c1-3-15(10-9-14(12-24-25-21)16(19)22-2)18-17(20)23-11-13-7-5-4-6-8-13/h4-8,14-15,25H,3,9-12H2,1-2H3/p+1. The van der Waals surface area contributed by atoms with Gasteiger partial charge >= 0.3 is 20.7 Å². The Bertz CT molecular complexity index is 539. The Kier molecular flexibility index (Phi) is 10.4. The van der Waals surface area contributed by atoms with Crippen molar-refractivity contribution in [1.29, 1.82) is 0 Å². The van der Waals surface area contributed by atoms with E-state index in [2.05, 4.69) is 5.32 Å². The number of rotatable bonds is 11. The van der Waals surface area contributed by atoms with E-state index in [-0.39, 0.29) is 19.3 Å². The molecule has 8 heteroatoms. The molecule has 0 aromatic heterocycles. The van der Waals surface area contributed by atoms with Gasteiger partial charge in [-0.25, -0.2) is 4.79 Å². The first-order valence-corrected chi connectivity index (χ1v) is 8.96. The Morgan fingerprint density at radius 1 is 1.20 bits per heavy atom. The van der Waals surface area contributed by atoms with Gasteiger partial charge in [0.1, 0.15) is 13.2 Å². The van der Waals surface area contributed by atoms with Crippen LogP contribution < -0.4 is 5.32 Å². The van der Waals surface area contributed by atoms with E-state index >= 15 is 0 Å². The maximum absolute atomic E-state index is 11.9. The van der Waals surface area contributed by atoms with Crippen LogP contribution >= 0.6 is 8.69 Å². The van der Waals surface area contributed by atoms with Crippen LogP contribution in [0.3, 0.4) is 0 Å². The average molecular weight is 370 g/mol. The molecule has 0 saturated heterocycles. The van der Waals surface area contributed by atoms with E-state index in [1.54, 1.807) is 0 Å². The van der Waals surface area contributed by atoms with Crippen molar-refractivity contribution in [3.8, 4) is 0 Å². The van der Waals surface area contributed by atoms with Gasteiger partial charge in [-0.05, 0) is 29.4 Å². The number of hydrogen-bond acceptors (Lipinski definition) is 6. The average Bonchev–Trinajstić information content (AvgIpc) is 2.65. The summed E-state index contributed by atoms with van der Waals surface area (Å²) in [5.41, 5.74) is 0.909. The van der Waals surface area contributed by atoms with Gasteiger partial charge in [0.05, 0.1) is 13.0 Å². The number of esters is 1. The van der Waals surface area contributed by atoms with E-state index in [0.29, 0.717) is 19.3 Å². The molecule has 7 nitrogen and oxygen atoms in total. The van der Waals surface area contributed by atoms with Crippen LogP contribution in [0.4, 0.5) is 4.79 Å². The Morgan fingerprint density at radius 2 is 1.92 bits per heavy atom. The first kappa shape index (κ1) is 21.1. The van der Waals surface area contributed by atoms with Crippen LogP contribution in [0.1, 0.15) is 31.7 Å². The number of carbonyl (C=O) groups is 2. The highest BCUT2D eigenvalue weighted by Gasteiger charge is 2.23. The van der Waals surface area contributed by atoms with Crippen molar-refractivity contribution in [2.45, 2.75) is 38.8 Å². The molecule has 0 aliphatic heterocycles. The van der Waals surface area contributed by atoms with Gasteiger partial charge in [-0.2, -0.15) is 0 Å². The molecule has 138 valence electrons. The summed E-state index contributed by atoms with van der Waals surface area (Å²) in [6.45, 7) is 2.17. The highest BCUT2D eigenvalue weighted by Crippen LogP contribution is 2.15. The number of hydrogen-bond donors (Lipinski definition) is 1. The molecule has 0 aliphatic carbocycles. The molecule has 0 radical (unpaired) electrons. The molecule has 0 saturated carbocycles. The summed E-state index contributed by atoms with van der Waals surface area (Å²) in [4.78, 5) is 23.6. The fourth-order valence-corrected chi connectivity index (χ4v) is 2.55. The molecule has 3 unspecified atom stereocenters. The Balaban J connectivity index is 2.41. The summed E-state index contributed by atoms with van der Waals surface area (Å²) < 4.78 is 25.2. The molecule has 1 amide bonds. The van der Waals surface area contributed by atoms with E-state index in [1.807, 2.05) is 37.3 Å². The Morgan fingerprint density at radius 3 is 2.52 bits per heavy atom. The molecule has 1 aromatic carbocycles. The molecular formula is C17H25NO6P+. The third-order valence-corrected chi connectivity index (χ3v) is 4.05. The largest absolute Gasteiger partial charge is 0.494 e. The Hall–Kier alpha value is -1.98. The SMILES string of the molecule is CCC(CCC(CO[PH+]=O)C(=O)OC)NC(=O)OCc1ccccc1. The number of nitrogens with one attached hydrogen (secondary N) is 1. The minimum atomic E-state index is -0.921. The second kappa shape index (κ2) is 12.4. The zero-order valence-electron chi connectivity index (χ0n) is 14.5. The third-order valence-electron chi connectivity index (χ3n) is 3.77. The van der Waals surface area contributed by atoms with Crippen molar-refractivity contribution in [1.82, 2.24) is 5.32 Å². The Labute approximate surface area is 149 Å². The molecule has 0 fully saturated rings. The van der Waals surface area contributed by atoms with E-state index in [1.165, 1.54) is 7.11 Å². The summed E-state index contributed by atoms with van der Waals surface area (Å²) in [6, 6.07) is 9.27. The van der Waals surface area contributed by atoms with Gasteiger partial charge in [-0.3, -0.25) is 4.79 Å². The fourth-order valence-electron chi connectivity index (χ4n) is 2.28. The maximum atomic E-state index is 11.9. The predicted molar refractivity (Wildman–Crippen MR) is 93.5 cm³/mol. The van der Waals surface area contributed by atoms with E-state index in [0.717, 1.165) is 5.56 Å². The quantitative estimate of drug-likeness (QED) is 0.475.